The van der Waals surface area contributed by atoms with E-state index >= 15 is 0 Å². The van der Waals surface area contributed by atoms with Crippen molar-refractivity contribution >= 4 is 57.5 Å². The van der Waals surface area contributed by atoms with Crippen LogP contribution in [0.5, 0.6) is 0 Å². The molecule has 0 radical (unpaired) electrons. The van der Waals surface area contributed by atoms with Crippen LogP contribution >= 0.6 is 45.3 Å². The molecule has 0 spiro atoms. The summed E-state index contributed by atoms with van der Waals surface area (Å²) >= 11 is 6.44. The van der Waals surface area contributed by atoms with Crippen LogP contribution in [0, 0.1) is 0 Å². The van der Waals surface area contributed by atoms with E-state index in [1.165, 1.54) is 0 Å². The van der Waals surface area contributed by atoms with Crippen molar-refractivity contribution in [2.75, 3.05) is 0 Å². The third-order valence-corrected chi connectivity index (χ3v) is 9.24. The molecule has 0 aromatic carbocycles. The number of nitrogens with zero attached hydrogens (tertiary/aromatic N) is 3. The Morgan fingerprint density at radius 2 is 0.950 bits per heavy atom. The van der Waals surface area contributed by atoms with Gasteiger partial charge < -0.3 is 9.47 Å². The van der Waals surface area contributed by atoms with Crippen LogP contribution in [0.25, 0.3) is 0 Å². The van der Waals surface area contributed by atoms with Gasteiger partial charge in [-0.1, -0.05) is 24.3 Å². The molecular weight excluding hydrogens is 583 g/mol. The van der Waals surface area contributed by atoms with Crippen molar-refractivity contribution in [1.82, 2.24) is 14.8 Å². The molecule has 2 amide bonds. The average molecular weight is 610 g/mol. The Balaban J connectivity index is 1.17. The number of pyridine rings is 1. The van der Waals surface area contributed by atoms with Gasteiger partial charge in [0.05, 0.1) is 26.2 Å². The fourth-order valence-electron chi connectivity index (χ4n) is 3.90. The molecule has 0 aliphatic rings. The second-order valence-corrected chi connectivity index (χ2v) is 13.0. The van der Waals surface area contributed by atoms with E-state index in [4.69, 9.17) is 9.47 Å². The molecule has 5 rings (SSSR count). The van der Waals surface area contributed by atoms with Gasteiger partial charge in [-0.3, -0.25) is 14.8 Å². The van der Waals surface area contributed by atoms with Gasteiger partial charge in [-0.2, -0.15) is 0 Å². The van der Waals surface area contributed by atoms with E-state index in [-0.39, 0.29) is 13.2 Å². The molecule has 0 aliphatic carbocycles. The van der Waals surface area contributed by atoms with E-state index in [9.17, 15) is 9.59 Å². The first kappa shape index (κ1) is 28.0. The summed E-state index contributed by atoms with van der Waals surface area (Å²) in [5.74, 6) is 0. The zero-order valence-electron chi connectivity index (χ0n) is 21.5. The molecule has 0 N–H and O–H groups in total. The molecule has 7 nitrogen and oxygen atoms in total. The van der Waals surface area contributed by atoms with Crippen molar-refractivity contribution in [3.8, 4) is 0 Å². The number of carbonyl (C=O) groups excluding carboxylic acids is 2. The lowest BCUT2D eigenvalue weighted by atomic mass is 10.2. The second kappa shape index (κ2) is 14.2. The van der Waals surface area contributed by atoms with Crippen LogP contribution in [0.4, 0.5) is 9.59 Å². The summed E-state index contributed by atoms with van der Waals surface area (Å²) in [5.41, 5.74) is 1.45. The molecule has 5 aromatic heterocycles. The number of amides is 2. The van der Waals surface area contributed by atoms with Crippen molar-refractivity contribution in [2.45, 2.75) is 39.4 Å². The molecule has 5 aromatic rings. The molecule has 0 saturated carbocycles. The highest BCUT2D eigenvalue weighted by molar-refractivity contribution is 7.10. The summed E-state index contributed by atoms with van der Waals surface area (Å²) in [6.07, 6.45) is 2.52. The largest absolute Gasteiger partial charge is 0.444 e. The van der Waals surface area contributed by atoms with Gasteiger partial charge in [-0.05, 0) is 51.9 Å². The Bertz CT molecular complexity index is 1270. The minimum absolute atomic E-state index is 0.0713. The molecule has 0 fully saturated rings. The maximum absolute atomic E-state index is 13.0. The van der Waals surface area contributed by atoms with Crippen LogP contribution in [-0.4, -0.2) is 27.0 Å². The van der Waals surface area contributed by atoms with E-state index in [1.807, 2.05) is 76.1 Å². The molecule has 0 bridgehead atoms. The maximum atomic E-state index is 13.0. The minimum atomic E-state index is -0.392. The van der Waals surface area contributed by atoms with Crippen LogP contribution < -0.4 is 0 Å². The highest BCUT2D eigenvalue weighted by Gasteiger charge is 2.19. The molecule has 0 aliphatic heterocycles. The topological polar surface area (TPSA) is 72.0 Å². The molecule has 11 heteroatoms. The summed E-state index contributed by atoms with van der Waals surface area (Å²) < 4.78 is 11.3. The number of hydrogen-bond acceptors (Lipinski definition) is 9. The zero-order chi connectivity index (χ0) is 27.6. The standard InChI is InChI=1S/C29H27N3O4S4/c33-28(31(16-24-5-1-9-37-24)17-25-6-2-10-38-25)35-20-22-13-23(15-30-14-22)21-36-29(34)32(18-26-7-3-11-39-26)19-27-8-4-12-40-27/h1-15H,16-21H2. The van der Waals surface area contributed by atoms with Crippen LogP contribution in [0.15, 0.2) is 88.5 Å². The van der Waals surface area contributed by atoms with E-state index in [0.717, 1.165) is 30.6 Å². The molecular formula is C29H27N3O4S4. The van der Waals surface area contributed by atoms with E-state index < -0.39 is 12.2 Å². The van der Waals surface area contributed by atoms with Gasteiger partial charge in [-0.15, -0.1) is 45.3 Å². The fraction of sp³-hybridized carbons (Fsp3) is 0.207. The Morgan fingerprint density at radius 3 is 1.25 bits per heavy atom. The first-order chi connectivity index (χ1) is 19.6. The highest BCUT2D eigenvalue weighted by atomic mass is 32.1. The van der Waals surface area contributed by atoms with E-state index in [1.54, 1.807) is 67.5 Å². The van der Waals surface area contributed by atoms with Gasteiger partial charge in [0.1, 0.15) is 13.2 Å². The summed E-state index contributed by atoms with van der Waals surface area (Å²) in [7, 11) is 0. The summed E-state index contributed by atoms with van der Waals surface area (Å²) in [4.78, 5) is 38.1. The van der Waals surface area contributed by atoms with E-state index in [0.29, 0.717) is 26.2 Å². The van der Waals surface area contributed by atoms with Crippen LogP contribution in [0.3, 0.4) is 0 Å². The fourth-order valence-corrected chi connectivity index (χ4v) is 6.78. The van der Waals surface area contributed by atoms with Crippen LogP contribution in [0.1, 0.15) is 30.6 Å². The Morgan fingerprint density at radius 1 is 0.600 bits per heavy atom. The predicted octanol–water partition coefficient (Wildman–Crippen LogP) is 8.01. The van der Waals surface area contributed by atoms with Gasteiger partial charge in [0.15, 0.2) is 0 Å². The number of aromatic nitrogens is 1. The van der Waals surface area contributed by atoms with Gasteiger partial charge in [0, 0.05) is 43.0 Å². The molecule has 206 valence electrons. The first-order valence-electron chi connectivity index (χ1n) is 12.5. The quantitative estimate of drug-likeness (QED) is 0.143. The molecule has 0 unspecified atom stereocenters. The van der Waals surface area contributed by atoms with E-state index in [2.05, 4.69) is 4.98 Å². The highest BCUT2D eigenvalue weighted by Crippen LogP contribution is 2.20. The Labute approximate surface area is 248 Å². The third kappa shape index (κ3) is 8.25. The van der Waals surface area contributed by atoms with Crippen LogP contribution in [0.2, 0.25) is 0 Å². The molecule has 40 heavy (non-hydrogen) atoms. The number of thiophene rings is 4. The van der Waals surface area contributed by atoms with Gasteiger partial charge in [0.25, 0.3) is 0 Å². The van der Waals surface area contributed by atoms with Crippen molar-refractivity contribution < 1.29 is 19.1 Å². The number of hydrogen-bond donors (Lipinski definition) is 0. The van der Waals surface area contributed by atoms with Gasteiger partial charge in [-0.25, -0.2) is 9.59 Å². The Hall–Kier alpha value is -3.51. The SMILES string of the molecule is O=C(OCc1cncc(COC(=O)N(Cc2cccs2)Cc2cccs2)c1)N(Cc1cccs1)Cc1cccs1. The summed E-state index contributed by atoms with van der Waals surface area (Å²) in [6, 6.07) is 17.8. The van der Waals surface area contributed by atoms with Crippen molar-refractivity contribution in [2.24, 2.45) is 0 Å². The maximum Gasteiger partial charge on any atom is 0.410 e. The molecule has 0 saturated heterocycles. The predicted molar refractivity (Wildman–Crippen MR) is 160 cm³/mol. The third-order valence-electron chi connectivity index (χ3n) is 5.80. The lowest BCUT2D eigenvalue weighted by molar-refractivity contribution is 0.0906. The molecule has 0 atom stereocenters. The van der Waals surface area contributed by atoms with Crippen LogP contribution in [-0.2, 0) is 48.9 Å². The minimum Gasteiger partial charge on any atom is -0.444 e. The lowest BCUT2D eigenvalue weighted by Crippen LogP contribution is -2.30. The van der Waals surface area contributed by atoms with Gasteiger partial charge >= 0.3 is 12.2 Å². The smallest absolute Gasteiger partial charge is 0.410 e. The molecule has 5 heterocycles. The normalized spacial score (nSPS) is 10.8. The van der Waals surface area contributed by atoms with Crippen molar-refractivity contribution in [3.05, 3.63) is 119 Å². The lowest BCUT2D eigenvalue weighted by Gasteiger charge is -2.21. The summed E-state index contributed by atoms with van der Waals surface area (Å²) in [5, 5.41) is 7.99. The zero-order valence-corrected chi connectivity index (χ0v) is 24.8. The number of ether oxygens (including phenoxy) is 2. The van der Waals surface area contributed by atoms with Crippen molar-refractivity contribution in [1.29, 1.82) is 0 Å². The first-order valence-corrected chi connectivity index (χ1v) is 16.0. The Kier molecular flexibility index (Phi) is 9.97. The number of carbonyl (C=O) groups is 2. The average Bonchev–Trinajstić information content (AvgIpc) is 3.79. The van der Waals surface area contributed by atoms with Gasteiger partial charge in [0.2, 0.25) is 0 Å². The monoisotopic (exact) mass is 609 g/mol. The number of rotatable bonds is 12. The second-order valence-electron chi connectivity index (χ2n) is 8.84. The summed E-state index contributed by atoms with van der Waals surface area (Å²) in [6.45, 7) is 2.07. The van der Waals surface area contributed by atoms with Crippen molar-refractivity contribution in [3.63, 3.8) is 0 Å².